The van der Waals surface area contributed by atoms with E-state index < -0.39 is 27.3 Å². The SMILES string of the molecule is COCCOC(=O)c1cc([N+](=O)[O-])cc2c1-c1ccc([N+](=O)[O-])cc1C2=O. The van der Waals surface area contributed by atoms with Crippen LogP contribution in [0.1, 0.15) is 26.3 Å². The van der Waals surface area contributed by atoms with E-state index in [2.05, 4.69) is 0 Å². The Hall–Kier alpha value is -3.66. The standard InChI is InChI=1S/C17H12N2O8/c1-26-4-5-27-17(21)14-8-10(19(24)25)7-13-15(14)11-3-2-9(18(22)23)6-12(11)16(13)20/h2-3,6-8H,4-5H2,1H3. The fraction of sp³-hybridized carbons (Fsp3) is 0.176. The molecule has 0 saturated heterocycles. The molecule has 0 aliphatic heterocycles. The molecule has 0 unspecified atom stereocenters. The molecule has 10 heteroatoms. The Labute approximate surface area is 151 Å². The third-order valence-electron chi connectivity index (χ3n) is 4.05. The van der Waals surface area contributed by atoms with Crippen LogP contribution in [0, 0.1) is 20.2 Å². The number of methoxy groups -OCH3 is 1. The monoisotopic (exact) mass is 372 g/mol. The molecule has 1 aliphatic rings. The van der Waals surface area contributed by atoms with E-state index in [1.165, 1.54) is 19.2 Å². The molecule has 0 bridgehead atoms. The van der Waals surface area contributed by atoms with Crippen molar-refractivity contribution in [1.29, 1.82) is 0 Å². The van der Waals surface area contributed by atoms with Crippen LogP contribution >= 0.6 is 0 Å². The van der Waals surface area contributed by atoms with Crippen molar-refractivity contribution in [1.82, 2.24) is 0 Å². The number of carbonyl (C=O) groups is 2. The van der Waals surface area contributed by atoms with Gasteiger partial charge in [0.15, 0.2) is 5.78 Å². The number of esters is 1. The summed E-state index contributed by atoms with van der Waals surface area (Å²) in [6.45, 7) is 0.0540. The van der Waals surface area contributed by atoms with Crippen LogP contribution in [0.5, 0.6) is 0 Å². The minimum Gasteiger partial charge on any atom is -0.460 e. The molecule has 0 spiro atoms. The van der Waals surface area contributed by atoms with Crippen LogP contribution in [0.15, 0.2) is 30.3 Å². The molecule has 0 amide bonds. The normalized spacial score (nSPS) is 11.7. The topological polar surface area (TPSA) is 139 Å². The summed E-state index contributed by atoms with van der Waals surface area (Å²) in [5, 5.41) is 22.2. The number of fused-ring (bicyclic) bond motifs is 3. The van der Waals surface area contributed by atoms with Crippen molar-refractivity contribution >= 4 is 23.1 Å². The van der Waals surface area contributed by atoms with E-state index in [1.54, 1.807) is 0 Å². The van der Waals surface area contributed by atoms with Gasteiger partial charge in [-0.05, 0) is 11.6 Å². The van der Waals surface area contributed by atoms with Crippen LogP contribution in [0.4, 0.5) is 11.4 Å². The third kappa shape index (κ3) is 3.13. The minimum absolute atomic E-state index is 0.00522. The van der Waals surface area contributed by atoms with Crippen molar-refractivity contribution in [2.24, 2.45) is 0 Å². The zero-order chi connectivity index (χ0) is 19.7. The van der Waals surface area contributed by atoms with E-state index in [1.807, 2.05) is 0 Å². The van der Waals surface area contributed by atoms with Crippen LogP contribution in [0.3, 0.4) is 0 Å². The Morgan fingerprint density at radius 3 is 2.26 bits per heavy atom. The first-order valence-electron chi connectivity index (χ1n) is 7.67. The van der Waals surface area contributed by atoms with Gasteiger partial charge >= 0.3 is 5.97 Å². The number of nitro benzene ring substituents is 2. The lowest BCUT2D eigenvalue weighted by atomic mass is 9.98. The summed E-state index contributed by atoms with van der Waals surface area (Å²) in [5.41, 5.74) is -0.524. The molecule has 1 aliphatic carbocycles. The summed E-state index contributed by atoms with van der Waals surface area (Å²) in [7, 11) is 1.42. The van der Waals surface area contributed by atoms with Gasteiger partial charge < -0.3 is 9.47 Å². The Balaban J connectivity index is 2.18. The molecular weight excluding hydrogens is 360 g/mol. The second-order valence-electron chi connectivity index (χ2n) is 5.62. The smallest absolute Gasteiger partial charge is 0.339 e. The lowest BCUT2D eigenvalue weighted by Gasteiger charge is -2.09. The highest BCUT2D eigenvalue weighted by Gasteiger charge is 2.35. The van der Waals surface area contributed by atoms with E-state index >= 15 is 0 Å². The molecule has 10 nitrogen and oxygen atoms in total. The van der Waals surface area contributed by atoms with E-state index in [0.29, 0.717) is 0 Å². The van der Waals surface area contributed by atoms with Gasteiger partial charge in [0.2, 0.25) is 0 Å². The number of ketones is 1. The van der Waals surface area contributed by atoms with E-state index in [9.17, 15) is 29.8 Å². The first-order chi connectivity index (χ1) is 12.8. The molecule has 0 heterocycles. The molecular formula is C17H12N2O8. The average Bonchev–Trinajstić information content (AvgIpc) is 2.93. The van der Waals surface area contributed by atoms with Crippen LogP contribution in [-0.4, -0.2) is 41.9 Å². The largest absolute Gasteiger partial charge is 0.460 e. The summed E-state index contributed by atoms with van der Waals surface area (Å²) in [6, 6.07) is 5.70. The van der Waals surface area contributed by atoms with Crippen LogP contribution in [0.25, 0.3) is 11.1 Å². The van der Waals surface area contributed by atoms with Gasteiger partial charge in [-0.15, -0.1) is 0 Å². The fourth-order valence-electron chi connectivity index (χ4n) is 2.85. The van der Waals surface area contributed by atoms with Crippen LogP contribution in [-0.2, 0) is 9.47 Å². The Bertz CT molecular complexity index is 999. The van der Waals surface area contributed by atoms with E-state index in [0.717, 1.165) is 18.2 Å². The van der Waals surface area contributed by atoms with E-state index in [-0.39, 0.29) is 46.7 Å². The maximum Gasteiger partial charge on any atom is 0.339 e. The number of rotatable bonds is 6. The van der Waals surface area contributed by atoms with Gasteiger partial charge in [0, 0.05) is 48.1 Å². The van der Waals surface area contributed by atoms with Crippen molar-refractivity contribution in [2.45, 2.75) is 0 Å². The molecule has 0 fully saturated rings. The quantitative estimate of drug-likeness (QED) is 0.278. The maximum atomic E-state index is 12.7. The summed E-state index contributed by atoms with van der Waals surface area (Å²) in [5.74, 6) is -1.48. The van der Waals surface area contributed by atoms with Gasteiger partial charge in [0.25, 0.3) is 11.4 Å². The maximum absolute atomic E-state index is 12.7. The van der Waals surface area contributed by atoms with Gasteiger partial charge in [0.05, 0.1) is 22.0 Å². The van der Waals surface area contributed by atoms with Crippen molar-refractivity contribution in [3.05, 3.63) is 67.3 Å². The van der Waals surface area contributed by atoms with Gasteiger partial charge in [-0.1, -0.05) is 0 Å². The predicted molar refractivity (Wildman–Crippen MR) is 90.8 cm³/mol. The Morgan fingerprint density at radius 1 is 0.963 bits per heavy atom. The number of ether oxygens (including phenoxy) is 2. The third-order valence-corrected chi connectivity index (χ3v) is 4.05. The first kappa shape index (κ1) is 18.1. The molecule has 2 aromatic carbocycles. The molecule has 3 rings (SSSR count). The fourth-order valence-corrected chi connectivity index (χ4v) is 2.85. The highest BCUT2D eigenvalue weighted by Crippen LogP contribution is 2.42. The van der Waals surface area contributed by atoms with Crippen molar-refractivity contribution in [2.75, 3.05) is 20.3 Å². The molecule has 27 heavy (non-hydrogen) atoms. The molecule has 0 saturated carbocycles. The summed E-state index contributed by atoms with van der Waals surface area (Å²) in [6.07, 6.45) is 0. The van der Waals surface area contributed by atoms with Crippen molar-refractivity contribution in [3.8, 4) is 11.1 Å². The minimum atomic E-state index is -0.856. The Kier molecular flexibility index (Phi) is 4.65. The highest BCUT2D eigenvalue weighted by atomic mass is 16.6. The van der Waals surface area contributed by atoms with Crippen molar-refractivity contribution < 1.29 is 28.9 Å². The lowest BCUT2D eigenvalue weighted by molar-refractivity contribution is -0.385. The first-order valence-corrected chi connectivity index (χ1v) is 7.67. The molecule has 0 aromatic heterocycles. The van der Waals surface area contributed by atoms with Crippen LogP contribution < -0.4 is 0 Å². The summed E-state index contributed by atoms with van der Waals surface area (Å²) >= 11 is 0. The number of nitro groups is 2. The molecule has 0 N–H and O–H groups in total. The Morgan fingerprint density at radius 2 is 1.63 bits per heavy atom. The van der Waals surface area contributed by atoms with Gasteiger partial charge in [0.1, 0.15) is 6.61 Å². The average molecular weight is 372 g/mol. The van der Waals surface area contributed by atoms with Gasteiger partial charge in [-0.3, -0.25) is 25.0 Å². The second kappa shape index (κ2) is 6.92. The molecule has 138 valence electrons. The number of nitrogens with zero attached hydrogens (tertiary/aromatic N) is 2. The predicted octanol–water partition coefficient (Wildman–Crippen LogP) is 2.52. The summed E-state index contributed by atoms with van der Waals surface area (Å²) < 4.78 is 9.82. The second-order valence-corrected chi connectivity index (χ2v) is 5.62. The van der Waals surface area contributed by atoms with Crippen LogP contribution in [0.2, 0.25) is 0 Å². The van der Waals surface area contributed by atoms with Gasteiger partial charge in [-0.25, -0.2) is 4.79 Å². The van der Waals surface area contributed by atoms with Gasteiger partial charge in [-0.2, -0.15) is 0 Å². The zero-order valence-corrected chi connectivity index (χ0v) is 14.0. The highest BCUT2D eigenvalue weighted by molar-refractivity contribution is 6.24. The zero-order valence-electron chi connectivity index (χ0n) is 14.0. The number of non-ortho nitro benzene ring substituents is 2. The molecule has 2 aromatic rings. The van der Waals surface area contributed by atoms with Crippen molar-refractivity contribution in [3.63, 3.8) is 0 Å². The summed E-state index contributed by atoms with van der Waals surface area (Å²) in [4.78, 5) is 45.9. The number of hydrogen-bond donors (Lipinski definition) is 0. The number of carbonyl (C=O) groups excluding carboxylic acids is 2. The number of hydrogen-bond acceptors (Lipinski definition) is 8. The van der Waals surface area contributed by atoms with E-state index in [4.69, 9.17) is 9.47 Å². The molecule has 0 atom stereocenters. The lowest BCUT2D eigenvalue weighted by Crippen LogP contribution is -2.12. The number of benzene rings is 2. The molecule has 0 radical (unpaired) electrons.